The molecular weight excluding hydrogens is 417 g/mol. The van der Waals surface area contributed by atoms with Crippen LogP contribution in [0.4, 0.5) is 29.5 Å². The number of rotatable bonds is 4. The van der Waals surface area contributed by atoms with E-state index in [4.69, 9.17) is 0 Å². The molecule has 2 aliphatic rings. The molecule has 4 amide bonds. The summed E-state index contributed by atoms with van der Waals surface area (Å²) in [6.45, 7) is -2.02. The van der Waals surface area contributed by atoms with E-state index in [-0.39, 0.29) is 5.91 Å². The molecule has 1 unspecified atom stereocenters. The van der Waals surface area contributed by atoms with Crippen LogP contribution < -0.4 is 21.3 Å². The van der Waals surface area contributed by atoms with Gasteiger partial charge in [-0.05, 0) is 24.1 Å². The number of hydrogen-bond donors (Lipinski definition) is 4. The predicted molar refractivity (Wildman–Crippen MR) is 102 cm³/mol. The fourth-order valence-electron chi connectivity index (χ4n) is 3.79. The molecule has 1 atom stereocenters. The molecule has 0 fully saturated rings. The quantitative estimate of drug-likeness (QED) is 0.577. The normalized spacial score (nSPS) is 18.9. The Hall–Kier alpha value is -3.70. The number of alkyl halides is 3. The number of urea groups is 1. The third-order valence-corrected chi connectivity index (χ3v) is 5.15. The zero-order valence-electron chi connectivity index (χ0n) is 16.0. The van der Waals surface area contributed by atoms with Crippen molar-refractivity contribution < 1.29 is 27.6 Å². The second-order valence-electron chi connectivity index (χ2n) is 7.32. The van der Waals surface area contributed by atoms with E-state index < -0.39 is 36.6 Å². The lowest BCUT2D eigenvalue weighted by Crippen LogP contribution is -2.43. The van der Waals surface area contributed by atoms with Crippen LogP contribution in [0.1, 0.15) is 16.8 Å². The van der Waals surface area contributed by atoms with E-state index in [1.165, 1.54) is 6.20 Å². The third-order valence-electron chi connectivity index (χ3n) is 5.15. The number of carbonyl (C=O) groups excluding carboxylic acids is 3. The highest BCUT2D eigenvalue weighted by Crippen LogP contribution is 2.46. The van der Waals surface area contributed by atoms with Crippen molar-refractivity contribution in [2.75, 3.05) is 23.7 Å². The number of amides is 4. The van der Waals surface area contributed by atoms with Gasteiger partial charge in [0.05, 0.1) is 23.8 Å². The summed E-state index contributed by atoms with van der Waals surface area (Å²) in [6.07, 6.45) is -0.719. The Morgan fingerprint density at radius 3 is 2.77 bits per heavy atom. The Bertz CT molecular complexity index is 1070. The van der Waals surface area contributed by atoms with E-state index in [0.29, 0.717) is 24.3 Å². The summed E-state index contributed by atoms with van der Waals surface area (Å²) in [5, 5.41) is 8.97. The third kappa shape index (κ3) is 4.13. The van der Waals surface area contributed by atoms with Gasteiger partial charge in [-0.3, -0.25) is 14.6 Å². The molecule has 2 aromatic rings. The summed E-state index contributed by atoms with van der Waals surface area (Å²) in [7, 11) is 0. The highest BCUT2D eigenvalue weighted by atomic mass is 19.4. The highest BCUT2D eigenvalue weighted by molar-refractivity contribution is 6.06. The molecule has 4 rings (SSSR count). The molecule has 0 radical (unpaired) electrons. The second-order valence-corrected chi connectivity index (χ2v) is 7.32. The molecule has 1 spiro atoms. The van der Waals surface area contributed by atoms with Gasteiger partial charge in [0.25, 0.3) is 0 Å². The van der Waals surface area contributed by atoms with Crippen LogP contribution in [0, 0.1) is 0 Å². The molecule has 4 N–H and O–H groups in total. The summed E-state index contributed by atoms with van der Waals surface area (Å²) >= 11 is 0. The van der Waals surface area contributed by atoms with Crippen molar-refractivity contribution in [3.05, 3.63) is 47.4 Å². The number of halogens is 3. The first-order valence-corrected chi connectivity index (χ1v) is 9.29. The number of anilines is 2. The summed E-state index contributed by atoms with van der Waals surface area (Å²) in [4.78, 5) is 44.6. The molecule has 12 heteroatoms. The van der Waals surface area contributed by atoms with Gasteiger partial charge in [-0.25, -0.2) is 9.78 Å². The summed E-state index contributed by atoms with van der Waals surface area (Å²) in [6, 6.07) is 4.20. The minimum atomic E-state index is -4.54. The number of fused-ring (bicyclic) bond motifs is 3. The van der Waals surface area contributed by atoms with E-state index in [0.717, 1.165) is 16.8 Å². The van der Waals surface area contributed by atoms with Gasteiger partial charge in [0.15, 0.2) is 0 Å². The van der Waals surface area contributed by atoms with Gasteiger partial charge >= 0.3 is 12.2 Å². The van der Waals surface area contributed by atoms with E-state index in [9.17, 15) is 27.6 Å². The maximum Gasteiger partial charge on any atom is 0.405 e. The number of carbonyl (C=O) groups is 3. The number of hydrogen-bond acceptors (Lipinski definition) is 5. The largest absolute Gasteiger partial charge is 0.405 e. The zero-order valence-corrected chi connectivity index (χ0v) is 16.0. The zero-order chi connectivity index (χ0) is 22.2. The topological polar surface area (TPSA) is 125 Å². The first-order valence-electron chi connectivity index (χ1n) is 9.29. The van der Waals surface area contributed by atoms with Crippen LogP contribution in [0.5, 0.6) is 0 Å². The van der Waals surface area contributed by atoms with Crippen LogP contribution >= 0.6 is 0 Å². The minimum Gasteiger partial charge on any atom is -0.329 e. The smallest absolute Gasteiger partial charge is 0.329 e. The second kappa shape index (κ2) is 7.52. The van der Waals surface area contributed by atoms with Gasteiger partial charge in [0.2, 0.25) is 11.8 Å². The molecule has 9 nitrogen and oxygen atoms in total. The van der Waals surface area contributed by atoms with E-state index in [1.807, 2.05) is 11.4 Å². The molecule has 0 aromatic carbocycles. The fourth-order valence-corrected chi connectivity index (χ4v) is 3.79. The molecule has 2 aromatic heterocycles. The van der Waals surface area contributed by atoms with Gasteiger partial charge in [-0.1, -0.05) is 6.07 Å². The number of nitrogens with one attached hydrogen (secondary N) is 4. The number of aromatic nitrogens is 2. The Labute approximate surface area is 173 Å². The van der Waals surface area contributed by atoms with Crippen molar-refractivity contribution in [3.8, 4) is 0 Å². The molecule has 0 bridgehead atoms. The fraction of sp³-hybridized carbons (Fsp3) is 0.316. The van der Waals surface area contributed by atoms with Gasteiger partial charge in [-0.15, -0.1) is 0 Å². The van der Waals surface area contributed by atoms with E-state index in [2.05, 4.69) is 20.6 Å². The first-order chi connectivity index (χ1) is 14.7. The van der Waals surface area contributed by atoms with Gasteiger partial charge in [-0.2, -0.15) is 13.2 Å². The molecular formula is C19H17F3N6O3. The van der Waals surface area contributed by atoms with Crippen molar-refractivity contribution in [2.24, 2.45) is 0 Å². The first kappa shape index (κ1) is 20.6. The van der Waals surface area contributed by atoms with Crippen molar-refractivity contribution >= 4 is 29.4 Å². The average Bonchev–Trinajstić information content (AvgIpc) is 3.22. The standard InChI is InChI=1S/C19H17F3N6O3/c20-19(21,22)9-26-17(31)25-8-14(29)27-11-4-10-5-18(6-13(10)24-7-11)12-2-1-3-23-15(12)28-16(18)30/h1-4,7H,5-6,8-9H2,(H,27,29)(H,23,28,30)(H2,25,26,31). The van der Waals surface area contributed by atoms with Crippen molar-refractivity contribution in [1.29, 1.82) is 0 Å². The van der Waals surface area contributed by atoms with Gasteiger partial charge in [0.1, 0.15) is 12.4 Å². The number of pyridine rings is 2. The van der Waals surface area contributed by atoms with Crippen molar-refractivity contribution in [1.82, 2.24) is 20.6 Å². The molecule has 0 saturated heterocycles. The van der Waals surface area contributed by atoms with Gasteiger partial charge in [0, 0.05) is 23.9 Å². The maximum absolute atomic E-state index is 12.7. The van der Waals surface area contributed by atoms with Gasteiger partial charge < -0.3 is 21.3 Å². The van der Waals surface area contributed by atoms with Crippen molar-refractivity contribution in [2.45, 2.75) is 24.4 Å². The Morgan fingerprint density at radius 1 is 1.19 bits per heavy atom. The lowest BCUT2D eigenvalue weighted by molar-refractivity contribution is -0.123. The SMILES string of the molecule is O=C(CNC(=O)NCC(F)(F)F)Nc1cnc2c(c1)CC1(C2)C(=O)Nc2ncccc21. The molecule has 1 aliphatic carbocycles. The summed E-state index contributed by atoms with van der Waals surface area (Å²) in [5.74, 6) is -0.257. The molecule has 162 valence electrons. The van der Waals surface area contributed by atoms with Crippen LogP contribution in [-0.4, -0.2) is 47.1 Å². The van der Waals surface area contributed by atoms with Crippen LogP contribution in [0.25, 0.3) is 0 Å². The summed E-state index contributed by atoms with van der Waals surface area (Å²) < 4.78 is 36.2. The van der Waals surface area contributed by atoms with E-state index >= 15 is 0 Å². The Morgan fingerprint density at radius 2 is 2.00 bits per heavy atom. The maximum atomic E-state index is 12.7. The Balaban J connectivity index is 1.38. The average molecular weight is 434 g/mol. The lowest BCUT2D eigenvalue weighted by atomic mass is 9.80. The van der Waals surface area contributed by atoms with Crippen LogP contribution in [0.15, 0.2) is 30.6 Å². The Kier molecular flexibility index (Phi) is 4.99. The predicted octanol–water partition coefficient (Wildman–Crippen LogP) is 1.27. The molecule has 1 aliphatic heterocycles. The molecule has 31 heavy (non-hydrogen) atoms. The highest BCUT2D eigenvalue weighted by Gasteiger charge is 2.51. The molecule has 3 heterocycles. The van der Waals surface area contributed by atoms with Crippen LogP contribution in [0.2, 0.25) is 0 Å². The number of nitrogens with zero attached hydrogens (tertiary/aromatic N) is 2. The monoisotopic (exact) mass is 434 g/mol. The van der Waals surface area contributed by atoms with Crippen molar-refractivity contribution in [3.63, 3.8) is 0 Å². The minimum absolute atomic E-state index is 0.154. The summed E-state index contributed by atoms with van der Waals surface area (Å²) in [5.41, 5.74) is 1.88. The van der Waals surface area contributed by atoms with E-state index in [1.54, 1.807) is 23.6 Å². The van der Waals surface area contributed by atoms with Crippen LogP contribution in [0.3, 0.4) is 0 Å². The molecule has 0 saturated carbocycles. The lowest BCUT2D eigenvalue weighted by Gasteiger charge is -2.19. The van der Waals surface area contributed by atoms with Crippen LogP contribution in [-0.2, 0) is 27.8 Å².